The van der Waals surface area contributed by atoms with Crippen LogP contribution in [0, 0.1) is 5.92 Å². The van der Waals surface area contributed by atoms with E-state index in [0.717, 1.165) is 5.56 Å². The molecule has 3 nitrogen and oxygen atoms in total. The van der Waals surface area contributed by atoms with Gasteiger partial charge in [-0.05, 0) is 12.8 Å². The molecule has 0 radical (unpaired) electrons. The highest BCUT2D eigenvalue weighted by atomic mass is 16.2. The van der Waals surface area contributed by atoms with Crippen molar-refractivity contribution in [2.45, 2.75) is 26.3 Å². The minimum Gasteiger partial charge on any atom is -0.308 e. The third-order valence-electron chi connectivity index (χ3n) is 3.21. The number of hydrogen-bond donors (Lipinski definition) is 1. The third kappa shape index (κ3) is 1.62. The Hall–Kier alpha value is -1.64. The standard InChI is InChI=1S/C13H16N2O/c1-9(2)13(3)12(16)14-11(15-13)10-7-5-4-6-8-10/h4-9H,1-3H3,(H,14,15,16). The number of nitrogens with zero attached hydrogens (tertiary/aromatic N) is 1. The van der Waals surface area contributed by atoms with Crippen molar-refractivity contribution >= 4 is 11.7 Å². The van der Waals surface area contributed by atoms with Gasteiger partial charge in [0.1, 0.15) is 11.4 Å². The summed E-state index contributed by atoms with van der Waals surface area (Å²) < 4.78 is 0. The molecule has 0 bridgehead atoms. The lowest BCUT2D eigenvalue weighted by molar-refractivity contribution is -0.124. The molecule has 1 amide bonds. The van der Waals surface area contributed by atoms with Crippen LogP contribution in [0.5, 0.6) is 0 Å². The molecule has 1 aliphatic rings. The van der Waals surface area contributed by atoms with Crippen LogP contribution in [0.2, 0.25) is 0 Å². The first-order valence-electron chi connectivity index (χ1n) is 5.51. The Morgan fingerprint density at radius 3 is 2.38 bits per heavy atom. The summed E-state index contributed by atoms with van der Waals surface area (Å²) in [4.78, 5) is 16.4. The summed E-state index contributed by atoms with van der Waals surface area (Å²) in [6, 6.07) is 9.73. The van der Waals surface area contributed by atoms with Crippen molar-refractivity contribution < 1.29 is 4.79 Å². The average Bonchev–Trinajstić information content (AvgIpc) is 2.58. The van der Waals surface area contributed by atoms with Gasteiger partial charge >= 0.3 is 0 Å². The summed E-state index contributed by atoms with van der Waals surface area (Å²) in [5, 5.41) is 2.85. The second-order valence-corrected chi connectivity index (χ2v) is 4.58. The van der Waals surface area contributed by atoms with Crippen LogP contribution >= 0.6 is 0 Å². The highest BCUT2D eigenvalue weighted by molar-refractivity contribution is 6.15. The molecule has 1 unspecified atom stereocenters. The van der Waals surface area contributed by atoms with E-state index in [1.54, 1.807) is 0 Å². The zero-order valence-corrected chi connectivity index (χ0v) is 9.82. The first-order valence-corrected chi connectivity index (χ1v) is 5.51. The maximum atomic E-state index is 11.9. The molecule has 0 spiro atoms. The fraction of sp³-hybridized carbons (Fsp3) is 0.385. The predicted octanol–water partition coefficient (Wildman–Crippen LogP) is 1.98. The molecule has 0 aliphatic carbocycles. The second-order valence-electron chi connectivity index (χ2n) is 4.58. The summed E-state index contributed by atoms with van der Waals surface area (Å²) in [6.45, 7) is 5.90. The minimum atomic E-state index is -0.634. The van der Waals surface area contributed by atoms with E-state index in [2.05, 4.69) is 10.3 Å². The van der Waals surface area contributed by atoms with Gasteiger partial charge < -0.3 is 5.32 Å². The van der Waals surface area contributed by atoms with Crippen LogP contribution in [0.3, 0.4) is 0 Å². The SMILES string of the molecule is CC(C)C1(C)N=C(c2ccccc2)NC1=O. The largest absolute Gasteiger partial charge is 0.308 e. The molecule has 3 heteroatoms. The molecular formula is C13H16N2O. The van der Waals surface area contributed by atoms with Crippen LogP contribution < -0.4 is 5.32 Å². The molecule has 1 aliphatic heterocycles. The Morgan fingerprint density at radius 2 is 1.88 bits per heavy atom. The number of aliphatic imine (C=N–C) groups is 1. The summed E-state index contributed by atoms with van der Waals surface area (Å²) in [6.07, 6.45) is 0. The number of nitrogens with one attached hydrogen (secondary N) is 1. The van der Waals surface area contributed by atoms with Crippen LogP contribution in [-0.4, -0.2) is 17.3 Å². The Labute approximate surface area is 95.6 Å². The van der Waals surface area contributed by atoms with E-state index >= 15 is 0 Å². The van der Waals surface area contributed by atoms with Crippen LogP contribution in [0.4, 0.5) is 0 Å². The van der Waals surface area contributed by atoms with Gasteiger partial charge in [0.25, 0.3) is 5.91 Å². The molecule has 2 rings (SSSR count). The van der Waals surface area contributed by atoms with Gasteiger partial charge in [-0.2, -0.15) is 0 Å². The van der Waals surface area contributed by atoms with Crippen LogP contribution in [0.1, 0.15) is 26.3 Å². The van der Waals surface area contributed by atoms with Gasteiger partial charge in [-0.1, -0.05) is 44.2 Å². The first-order chi connectivity index (χ1) is 7.54. The average molecular weight is 216 g/mol. The maximum Gasteiger partial charge on any atom is 0.253 e. The molecule has 0 fully saturated rings. The van der Waals surface area contributed by atoms with Gasteiger partial charge in [-0.25, -0.2) is 0 Å². The summed E-state index contributed by atoms with van der Waals surface area (Å²) in [5.41, 5.74) is 0.325. The van der Waals surface area contributed by atoms with Gasteiger partial charge in [0.15, 0.2) is 0 Å². The molecule has 1 N–H and O–H groups in total. The Balaban J connectivity index is 2.37. The molecule has 0 aromatic heterocycles. The van der Waals surface area contributed by atoms with E-state index < -0.39 is 5.54 Å². The van der Waals surface area contributed by atoms with Crippen molar-refractivity contribution in [3.8, 4) is 0 Å². The van der Waals surface area contributed by atoms with E-state index in [4.69, 9.17) is 0 Å². The van der Waals surface area contributed by atoms with Crippen molar-refractivity contribution in [1.82, 2.24) is 5.32 Å². The number of benzene rings is 1. The second kappa shape index (κ2) is 3.74. The highest BCUT2D eigenvalue weighted by Gasteiger charge is 2.41. The number of amidine groups is 1. The smallest absolute Gasteiger partial charge is 0.253 e. The summed E-state index contributed by atoms with van der Waals surface area (Å²) >= 11 is 0. The van der Waals surface area contributed by atoms with E-state index in [1.807, 2.05) is 51.1 Å². The molecule has 0 saturated carbocycles. The lowest BCUT2D eigenvalue weighted by Gasteiger charge is -2.21. The predicted molar refractivity (Wildman–Crippen MR) is 64.4 cm³/mol. The molecule has 1 aromatic carbocycles. The van der Waals surface area contributed by atoms with Gasteiger partial charge in [0.05, 0.1) is 0 Å². The Morgan fingerprint density at radius 1 is 1.25 bits per heavy atom. The monoisotopic (exact) mass is 216 g/mol. The van der Waals surface area contributed by atoms with E-state index in [9.17, 15) is 4.79 Å². The number of hydrogen-bond acceptors (Lipinski definition) is 2. The van der Waals surface area contributed by atoms with Gasteiger partial charge in [-0.3, -0.25) is 9.79 Å². The zero-order valence-electron chi connectivity index (χ0n) is 9.82. The van der Waals surface area contributed by atoms with Crippen molar-refractivity contribution in [3.63, 3.8) is 0 Å². The number of rotatable bonds is 2. The van der Waals surface area contributed by atoms with E-state index in [-0.39, 0.29) is 11.8 Å². The Bertz CT molecular complexity index is 437. The van der Waals surface area contributed by atoms with Crippen LogP contribution in [-0.2, 0) is 4.79 Å². The molecule has 1 heterocycles. The van der Waals surface area contributed by atoms with Crippen molar-refractivity contribution in [2.24, 2.45) is 10.9 Å². The van der Waals surface area contributed by atoms with E-state index in [0.29, 0.717) is 5.84 Å². The third-order valence-corrected chi connectivity index (χ3v) is 3.21. The summed E-state index contributed by atoms with van der Waals surface area (Å²) in [7, 11) is 0. The molecular weight excluding hydrogens is 200 g/mol. The first kappa shape index (κ1) is 10.9. The zero-order chi connectivity index (χ0) is 11.8. The van der Waals surface area contributed by atoms with Crippen LogP contribution in [0.25, 0.3) is 0 Å². The van der Waals surface area contributed by atoms with E-state index in [1.165, 1.54) is 0 Å². The quantitative estimate of drug-likeness (QED) is 0.807. The van der Waals surface area contributed by atoms with Crippen molar-refractivity contribution in [2.75, 3.05) is 0 Å². The minimum absolute atomic E-state index is 0.0126. The number of amides is 1. The lowest BCUT2D eigenvalue weighted by atomic mass is 9.89. The number of carbonyl (C=O) groups is 1. The maximum absolute atomic E-state index is 11.9. The highest BCUT2D eigenvalue weighted by Crippen LogP contribution is 2.26. The molecule has 16 heavy (non-hydrogen) atoms. The lowest BCUT2D eigenvalue weighted by Crippen LogP contribution is -2.41. The molecule has 84 valence electrons. The molecule has 1 atom stereocenters. The number of carbonyl (C=O) groups excluding carboxylic acids is 1. The normalized spacial score (nSPS) is 24.5. The van der Waals surface area contributed by atoms with Crippen LogP contribution in [0.15, 0.2) is 35.3 Å². The fourth-order valence-electron chi connectivity index (χ4n) is 1.67. The van der Waals surface area contributed by atoms with Gasteiger partial charge in [-0.15, -0.1) is 0 Å². The summed E-state index contributed by atoms with van der Waals surface area (Å²) in [5.74, 6) is 0.858. The van der Waals surface area contributed by atoms with Gasteiger partial charge in [0, 0.05) is 5.56 Å². The Kier molecular flexibility index (Phi) is 2.54. The molecule has 0 saturated heterocycles. The van der Waals surface area contributed by atoms with Crippen molar-refractivity contribution in [3.05, 3.63) is 35.9 Å². The van der Waals surface area contributed by atoms with Crippen molar-refractivity contribution in [1.29, 1.82) is 0 Å². The topological polar surface area (TPSA) is 41.5 Å². The molecule has 1 aromatic rings. The fourth-order valence-corrected chi connectivity index (χ4v) is 1.67. The van der Waals surface area contributed by atoms with Gasteiger partial charge in [0.2, 0.25) is 0 Å².